The second-order valence-electron chi connectivity index (χ2n) is 4.99. The lowest BCUT2D eigenvalue weighted by Crippen LogP contribution is -2.31. The standard InChI is InChI=1S/C16H12BrClFNO/c17-13-7-9-3-1-2-4-11(9)15(13)20-16(21)12-6-5-10(19)8-14(12)18/h1-6,8,13,15H,7H2,(H,20,21). The Balaban J connectivity index is 1.85. The zero-order valence-corrected chi connectivity index (χ0v) is 13.3. The average molecular weight is 369 g/mol. The maximum absolute atomic E-state index is 13.1. The van der Waals surface area contributed by atoms with Crippen LogP contribution in [-0.2, 0) is 6.42 Å². The molecule has 2 aromatic carbocycles. The summed E-state index contributed by atoms with van der Waals surface area (Å²) in [6, 6.07) is 11.7. The SMILES string of the molecule is O=C(NC1c2ccccc2CC1Br)c1ccc(F)cc1Cl. The molecule has 1 amide bonds. The number of fused-ring (bicyclic) bond motifs is 1. The lowest BCUT2D eigenvalue weighted by molar-refractivity contribution is 0.0938. The van der Waals surface area contributed by atoms with E-state index in [1.807, 2.05) is 18.2 Å². The second kappa shape index (κ2) is 5.78. The summed E-state index contributed by atoms with van der Waals surface area (Å²) in [6.45, 7) is 0. The Morgan fingerprint density at radius 2 is 2.05 bits per heavy atom. The van der Waals surface area contributed by atoms with E-state index in [2.05, 4.69) is 27.3 Å². The van der Waals surface area contributed by atoms with Crippen molar-refractivity contribution in [3.05, 3.63) is 70.0 Å². The molecule has 0 fully saturated rings. The third kappa shape index (κ3) is 2.83. The van der Waals surface area contributed by atoms with E-state index in [4.69, 9.17) is 11.6 Å². The maximum atomic E-state index is 13.1. The number of halogens is 3. The summed E-state index contributed by atoms with van der Waals surface area (Å²) in [7, 11) is 0. The van der Waals surface area contributed by atoms with Crippen LogP contribution in [0.1, 0.15) is 27.5 Å². The highest BCUT2D eigenvalue weighted by Gasteiger charge is 2.32. The van der Waals surface area contributed by atoms with Gasteiger partial charge in [0.15, 0.2) is 0 Å². The number of carbonyl (C=O) groups excluding carboxylic acids is 1. The molecule has 0 saturated heterocycles. The van der Waals surface area contributed by atoms with Crippen LogP contribution in [0.3, 0.4) is 0 Å². The Hall–Kier alpha value is -1.39. The molecule has 1 aliphatic rings. The van der Waals surface area contributed by atoms with Crippen LogP contribution in [0, 0.1) is 5.82 Å². The smallest absolute Gasteiger partial charge is 0.253 e. The number of rotatable bonds is 2. The predicted octanol–water partition coefficient (Wildman–Crippen LogP) is 4.27. The van der Waals surface area contributed by atoms with Gasteiger partial charge in [0.25, 0.3) is 5.91 Å². The van der Waals surface area contributed by atoms with E-state index in [1.165, 1.54) is 17.7 Å². The number of carbonyl (C=O) groups is 1. The van der Waals surface area contributed by atoms with E-state index < -0.39 is 5.82 Å². The molecule has 0 radical (unpaired) electrons. The number of hydrogen-bond acceptors (Lipinski definition) is 1. The van der Waals surface area contributed by atoms with Gasteiger partial charge in [0.05, 0.1) is 16.6 Å². The Bertz CT molecular complexity index is 706. The molecule has 0 aliphatic heterocycles. The first kappa shape index (κ1) is 14.5. The Labute approximate surface area is 135 Å². The van der Waals surface area contributed by atoms with Crippen molar-refractivity contribution in [3.63, 3.8) is 0 Å². The minimum Gasteiger partial charge on any atom is -0.344 e. The zero-order chi connectivity index (χ0) is 15.0. The molecule has 0 heterocycles. The second-order valence-corrected chi connectivity index (χ2v) is 6.58. The summed E-state index contributed by atoms with van der Waals surface area (Å²) in [6.07, 6.45) is 0.859. The van der Waals surface area contributed by atoms with Gasteiger partial charge in [-0.1, -0.05) is 51.8 Å². The first-order chi connectivity index (χ1) is 10.1. The number of alkyl halides is 1. The van der Waals surface area contributed by atoms with Gasteiger partial charge in [-0.05, 0) is 35.7 Å². The number of nitrogens with one attached hydrogen (secondary N) is 1. The monoisotopic (exact) mass is 367 g/mol. The molecule has 3 rings (SSSR count). The fraction of sp³-hybridized carbons (Fsp3) is 0.188. The number of amides is 1. The molecule has 108 valence electrons. The van der Waals surface area contributed by atoms with E-state index in [9.17, 15) is 9.18 Å². The van der Waals surface area contributed by atoms with Gasteiger partial charge in [0.2, 0.25) is 0 Å². The quantitative estimate of drug-likeness (QED) is 0.788. The van der Waals surface area contributed by atoms with E-state index >= 15 is 0 Å². The fourth-order valence-electron chi connectivity index (χ4n) is 2.61. The third-order valence-corrected chi connectivity index (χ3v) is 4.79. The van der Waals surface area contributed by atoms with Gasteiger partial charge in [0, 0.05) is 4.83 Å². The minimum absolute atomic E-state index is 0.116. The predicted molar refractivity (Wildman–Crippen MR) is 84.5 cm³/mol. The summed E-state index contributed by atoms with van der Waals surface area (Å²) in [5.74, 6) is -0.757. The Kier molecular flexibility index (Phi) is 4.00. The lowest BCUT2D eigenvalue weighted by atomic mass is 10.1. The van der Waals surface area contributed by atoms with Gasteiger partial charge in [-0.2, -0.15) is 0 Å². The van der Waals surface area contributed by atoms with Crippen molar-refractivity contribution >= 4 is 33.4 Å². The van der Waals surface area contributed by atoms with Crippen LogP contribution in [-0.4, -0.2) is 10.7 Å². The molecule has 0 bridgehead atoms. The van der Waals surface area contributed by atoms with Gasteiger partial charge < -0.3 is 5.32 Å². The van der Waals surface area contributed by atoms with E-state index in [-0.39, 0.29) is 27.4 Å². The molecule has 0 aromatic heterocycles. The first-order valence-corrected chi connectivity index (χ1v) is 7.83. The number of hydrogen-bond donors (Lipinski definition) is 1. The van der Waals surface area contributed by atoms with Crippen LogP contribution >= 0.6 is 27.5 Å². The van der Waals surface area contributed by atoms with Crippen molar-refractivity contribution in [2.75, 3.05) is 0 Å². The molecule has 0 spiro atoms. The van der Waals surface area contributed by atoms with Crippen molar-refractivity contribution < 1.29 is 9.18 Å². The molecule has 2 nitrogen and oxygen atoms in total. The van der Waals surface area contributed by atoms with E-state index in [1.54, 1.807) is 0 Å². The summed E-state index contributed by atoms with van der Waals surface area (Å²) >= 11 is 9.54. The van der Waals surface area contributed by atoms with Gasteiger partial charge in [-0.25, -0.2) is 4.39 Å². The molecule has 2 atom stereocenters. The average Bonchev–Trinajstić information content (AvgIpc) is 2.75. The zero-order valence-electron chi connectivity index (χ0n) is 10.9. The molecule has 5 heteroatoms. The van der Waals surface area contributed by atoms with Crippen LogP contribution in [0.25, 0.3) is 0 Å². The van der Waals surface area contributed by atoms with Crippen molar-refractivity contribution in [3.8, 4) is 0 Å². The van der Waals surface area contributed by atoms with Gasteiger partial charge in [-0.3, -0.25) is 4.79 Å². The molecule has 2 aromatic rings. The molecular formula is C16H12BrClFNO. The summed E-state index contributed by atoms with van der Waals surface area (Å²) < 4.78 is 13.1. The molecular weight excluding hydrogens is 357 g/mol. The van der Waals surface area contributed by atoms with Crippen LogP contribution < -0.4 is 5.32 Å². The highest BCUT2D eigenvalue weighted by atomic mass is 79.9. The highest BCUT2D eigenvalue weighted by Crippen LogP contribution is 2.36. The molecule has 2 unspecified atom stereocenters. The molecule has 1 N–H and O–H groups in total. The van der Waals surface area contributed by atoms with E-state index in [0.717, 1.165) is 18.1 Å². The lowest BCUT2D eigenvalue weighted by Gasteiger charge is -2.18. The van der Waals surface area contributed by atoms with Crippen LogP contribution in [0.5, 0.6) is 0 Å². The highest BCUT2D eigenvalue weighted by molar-refractivity contribution is 9.09. The topological polar surface area (TPSA) is 29.1 Å². The van der Waals surface area contributed by atoms with Crippen LogP contribution in [0.2, 0.25) is 5.02 Å². The molecule has 1 aliphatic carbocycles. The van der Waals surface area contributed by atoms with Crippen molar-refractivity contribution in [1.29, 1.82) is 0 Å². The van der Waals surface area contributed by atoms with Crippen molar-refractivity contribution in [2.24, 2.45) is 0 Å². The number of benzene rings is 2. The minimum atomic E-state index is -0.457. The molecule has 0 saturated carbocycles. The summed E-state index contributed by atoms with van der Waals surface area (Å²) in [4.78, 5) is 12.5. The summed E-state index contributed by atoms with van der Waals surface area (Å²) in [5, 5.41) is 3.08. The maximum Gasteiger partial charge on any atom is 0.253 e. The normalized spacial score (nSPS) is 20.1. The third-order valence-electron chi connectivity index (χ3n) is 3.63. The van der Waals surface area contributed by atoms with E-state index in [0.29, 0.717) is 0 Å². The fourth-order valence-corrected chi connectivity index (χ4v) is 3.63. The Morgan fingerprint density at radius 3 is 2.81 bits per heavy atom. The summed E-state index contributed by atoms with van der Waals surface area (Å²) in [5.41, 5.74) is 2.60. The molecule has 21 heavy (non-hydrogen) atoms. The van der Waals surface area contributed by atoms with Crippen LogP contribution in [0.15, 0.2) is 42.5 Å². The van der Waals surface area contributed by atoms with Gasteiger partial charge in [0.1, 0.15) is 5.82 Å². The van der Waals surface area contributed by atoms with Gasteiger partial charge in [-0.15, -0.1) is 0 Å². The first-order valence-electron chi connectivity index (χ1n) is 6.54. The largest absolute Gasteiger partial charge is 0.344 e. The van der Waals surface area contributed by atoms with Crippen molar-refractivity contribution in [2.45, 2.75) is 17.3 Å². The Morgan fingerprint density at radius 1 is 1.29 bits per heavy atom. The van der Waals surface area contributed by atoms with Crippen molar-refractivity contribution in [1.82, 2.24) is 5.32 Å². The van der Waals surface area contributed by atoms with Crippen LogP contribution in [0.4, 0.5) is 4.39 Å². The van der Waals surface area contributed by atoms with Gasteiger partial charge >= 0.3 is 0 Å².